The average molecular weight is 533 g/mol. The van der Waals surface area contributed by atoms with Crippen molar-refractivity contribution in [3.8, 4) is 5.75 Å². The Morgan fingerprint density at radius 3 is 2.62 bits per heavy atom. The minimum Gasteiger partial charge on any atom is -0.493 e. The summed E-state index contributed by atoms with van der Waals surface area (Å²) >= 11 is 5.89. The Labute approximate surface area is 222 Å². The number of benzene rings is 1. The number of hydrogen-bond donors (Lipinski definition) is 0. The van der Waals surface area contributed by atoms with E-state index in [1.807, 2.05) is 0 Å². The Kier molecular flexibility index (Phi) is 9.18. The molecular weight excluding hydrogens is 499 g/mol. The summed E-state index contributed by atoms with van der Waals surface area (Å²) in [6.45, 7) is 4.24. The van der Waals surface area contributed by atoms with Gasteiger partial charge in [0.2, 0.25) is 11.9 Å². The fourth-order valence-electron chi connectivity index (χ4n) is 5.05. The van der Waals surface area contributed by atoms with Crippen LogP contribution >= 0.6 is 11.6 Å². The fraction of sp³-hybridized carbons (Fsp3) is 0.556. The van der Waals surface area contributed by atoms with Crippen LogP contribution in [0.25, 0.3) is 0 Å². The second kappa shape index (κ2) is 12.5. The molecule has 8 nitrogen and oxygen atoms in total. The Morgan fingerprint density at radius 2 is 1.95 bits per heavy atom. The number of hydrogen-bond acceptors (Lipinski definition) is 7. The van der Waals surface area contributed by atoms with Crippen molar-refractivity contribution in [1.82, 2.24) is 14.9 Å². The van der Waals surface area contributed by atoms with Crippen LogP contribution in [0.2, 0.25) is 5.02 Å². The van der Waals surface area contributed by atoms with Gasteiger partial charge in [0.05, 0.1) is 37.1 Å². The number of likely N-dealkylation sites (N-methyl/N-ethyl adjacent to an activating group) is 1. The molecule has 1 saturated carbocycles. The molecule has 2 heterocycles. The molecule has 0 N–H and O–H groups in total. The van der Waals surface area contributed by atoms with E-state index < -0.39 is 11.8 Å². The summed E-state index contributed by atoms with van der Waals surface area (Å²) in [6, 6.07) is 4.59. The monoisotopic (exact) mass is 532 g/mol. The molecule has 1 aliphatic heterocycles. The normalized spacial score (nSPS) is 19.4. The maximum atomic E-state index is 14.6. The molecule has 0 spiro atoms. The number of esters is 1. The quantitative estimate of drug-likeness (QED) is 0.402. The number of carbonyl (C=O) groups is 2. The number of nitrogens with zero attached hydrogens (tertiary/aromatic N) is 4. The molecule has 1 saturated heterocycles. The molecular formula is C27H34ClFN4O4. The number of aromatic nitrogens is 2. The van der Waals surface area contributed by atoms with E-state index in [-0.39, 0.29) is 31.0 Å². The second-order valence-corrected chi connectivity index (χ2v) is 10.2. The lowest BCUT2D eigenvalue weighted by atomic mass is 9.90. The number of ether oxygens (including phenoxy) is 2. The second-order valence-electron chi connectivity index (χ2n) is 9.81. The van der Waals surface area contributed by atoms with E-state index in [0.29, 0.717) is 29.2 Å². The van der Waals surface area contributed by atoms with Crippen LogP contribution in [-0.2, 0) is 20.7 Å². The molecule has 200 valence electrons. The van der Waals surface area contributed by atoms with Crippen molar-refractivity contribution in [1.29, 1.82) is 0 Å². The first-order valence-electron chi connectivity index (χ1n) is 12.9. The minimum atomic E-state index is -0.490. The number of anilines is 1. The molecule has 0 bridgehead atoms. The fourth-order valence-corrected chi connectivity index (χ4v) is 5.15. The van der Waals surface area contributed by atoms with Crippen molar-refractivity contribution in [2.45, 2.75) is 39.0 Å². The zero-order valence-electron chi connectivity index (χ0n) is 21.4. The van der Waals surface area contributed by atoms with Gasteiger partial charge in [0.15, 0.2) is 0 Å². The third-order valence-corrected chi connectivity index (χ3v) is 7.43. The standard InChI is InChI=1S/C27H34ClFN4O4/c1-3-36-26(35)17-32(2)25(34)13-20-4-5-22(14-24(20)29)37-11-8-19-12-23(19)18-6-9-33(10-7-18)27-30-15-21(28)16-31-27/h4-5,14-16,18-19,23H,3,6-13,17H2,1-2H3. The molecule has 2 fully saturated rings. The molecule has 10 heteroatoms. The number of piperidine rings is 1. The van der Waals surface area contributed by atoms with Crippen molar-refractivity contribution < 1.29 is 23.5 Å². The van der Waals surface area contributed by atoms with Gasteiger partial charge in [0.1, 0.15) is 18.1 Å². The number of rotatable bonds is 11. The molecule has 2 unspecified atom stereocenters. The maximum absolute atomic E-state index is 14.6. The Bertz CT molecular complexity index is 1080. The molecule has 1 aromatic carbocycles. The predicted octanol–water partition coefficient (Wildman–Crippen LogP) is 4.15. The molecule has 2 aliphatic rings. The summed E-state index contributed by atoms with van der Waals surface area (Å²) in [6.07, 6.45) is 7.58. The highest BCUT2D eigenvalue weighted by atomic mass is 35.5. The van der Waals surface area contributed by atoms with Gasteiger partial charge >= 0.3 is 5.97 Å². The van der Waals surface area contributed by atoms with E-state index in [2.05, 4.69) is 14.9 Å². The van der Waals surface area contributed by atoms with Crippen LogP contribution in [0, 0.1) is 23.6 Å². The van der Waals surface area contributed by atoms with Gasteiger partial charge in [-0.25, -0.2) is 14.4 Å². The summed E-state index contributed by atoms with van der Waals surface area (Å²) in [7, 11) is 1.50. The van der Waals surface area contributed by atoms with Crippen LogP contribution in [0.3, 0.4) is 0 Å². The average Bonchev–Trinajstić information content (AvgIpc) is 3.66. The first kappa shape index (κ1) is 27.1. The van der Waals surface area contributed by atoms with Crippen molar-refractivity contribution in [2.24, 2.45) is 17.8 Å². The van der Waals surface area contributed by atoms with Crippen LogP contribution < -0.4 is 9.64 Å². The minimum absolute atomic E-state index is 0.130. The van der Waals surface area contributed by atoms with E-state index >= 15 is 0 Å². The van der Waals surface area contributed by atoms with Gasteiger partial charge in [-0.1, -0.05) is 17.7 Å². The van der Waals surface area contributed by atoms with Crippen molar-refractivity contribution in [3.05, 3.63) is 47.0 Å². The third kappa shape index (κ3) is 7.53. The van der Waals surface area contributed by atoms with Gasteiger partial charge in [-0.2, -0.15) is 0 Å². The Hall–Kier alpha value is -2.94. The molecule has 2 aromatic rings. The Morgan fingerprint density at radius 1 is 1.22 bits per heavy atom. The van der Waals surface area contributed by atoms with Crippen molar-refractivity contribution in [2.75, 3.05) is 44.8 Å². The molecule has 1 aliphatic carbocycles. The van der Waals surface area contributed by atoms with E-state index in [9.17, 15) is 14.0 Å². The van der Waals surface area contributed by atoms with Gasteiger partial charge in [0, 0.05) is 26.2 Å². The van der Waals surface area contributed by atoms with Gasteiger partial charge in [-0.3, -0.25) is 9.59 Å². The largest absolute Gasteiger partial charge is 0.493 e. The molecule has 1 amide bonds. The van der Waals surface area contributed by atoms with Crippen LogP contribution in [0.15, 0.2) is 30.6 Å². The Balaban J connectivity index is 1.16. The van der Waals surface area contributed by atoms with Gasteiger partial charge < -0.3 is 19.3 Å². The zero-order chi connectivity index (χ0) is 26.4. The lowest BCUT2D eigenvalue weighted by Gasteiger charge is -2.32. The topological polar surface area (TPSA) is 84.9 Å². The molecule has 0 radical (unpaired) electrons. The van der Waals surface area contributed by atoms with Crippen LogP contribution in [0.1, 0.15) is 38.2 Å². The van der Waals surface area contributed by atoms with Gasteiger partial charge in [-0.05, 0) is 62.0 Å². The first-order valence-corrected chi connectivity index (χ1v) is 13.2. The van der Waals surface area contributed by atoms with E-state index in [1.165, 1.54) is 24.4 Å². The zero-order valence-corrected chi connectivity index (χ0v) is 22.1. The maximum Gasteiger partial charge on any atom is 0.325 e. The lowest BCUT2D eigenvalue weighted by Crippen LogP contribution is -2.35. The highest BCUT2D eigenvalue weighted by Gasteiger charge is 2.43. The highest BCUT2D eigenvalue weighted by molar-refractivity contribution is 6.30. The van der Waals surface area contributed by atoms with Gasteiger partial charge in [-0.15, -0.1) is 0 Å². The summed E-state index contributed by atoms with van der Waals surface area (Å²) in [5, 5.41) is 0.547. The number of carbonyl (C=O) groups excluding carboxylic acids is 2. The van der Waals surface area contributed by atoms with E-state index in [4.69, 9.17) is 21.1 Å². The summed E-state index contributed by atoms with van der Waals surface area (Å²) < 4.78 is 25.2. The lowest BCUT2D eigenvalue weighted by molar-refractivity contribution is -0.147. The smallest absolute Gasteiger partial charge is 0.325 e. The van der Waals surface area contributed by atoms with E-state index in [0.717, 1.165) is 44.2 Å². The van der Waals surface area contributed by atoms with Crippen LogP contribution in [-0.4, -0.2) is 66.6 Å². The van der Waals surface area contributed by atoms with E-state index in [1.54, 1.807) is 31.5 Å². The molecule has 4 rings (SSSR count). The van der Waals surface area contributed by atoms with Gasteiger partial charge in [0.25, 0.3) is 0 Å². The summed E-state index contributed by atoms with van der Waals surface area (Å²) in [5.41, 5.74) is 0.269. The molecule has 37 heavy (non-hydrogen) atoms. The predicted molar refractivity (Wildman–Crippen MR) is 138 cm³/mol. The molecule has 1 aromatic heterocycles. The van der Waals surface area contributed by atoms with Crippen molar-refractivity contribution >= 4 is 29.4 Å². The highest BCUT2D eigenvalue weighted by Crippen LogP contribution is 2.49. The van der Waals surface area contributed by atoms with Crippen LogP contribution in [0.4, 0.5) is 10.3 Å². The molecule has 2 atom stereocenters. The SMILES string of the molecule is CCOC(=O)CN(C)C(=O)Cc1ccc(OCCC2CC2C2CCN(c3ncc(Cl)cn3)CC2)cc1F. The van der Waals surface area contributed by atoms with Crippen molar-refractivity contribution in [3.63, 3.8) is 0 Å². The van der Waals surface area contributed by atoms with Crippen LogP contribution in [0.5, 0.6) is 5.75 Å². The summed E-state index contributed by atoms with van der Waals surface area (Å²) in [5.74, 6) is 1.97. The summed E-state index contributed by atoms with van der Waals surface area (Å²) in [4.78, 5) is 36.0. The third-order valence-electron chi connectivity index (χ3n) is 7.23. The first-order chi connectivity index (χ1) is 17.8. The number of amides is 1. The number of halogens is 2.